The smallest absolute Gasteiger partial charge is 0.123 e. The van der Waals surface area contributed by atoms with Crippen LogP contribution in [0.15, 0.2) is 18.2 Å². The van der Waals surface area contributed by atoms with Gasteiger partial charge in [0.25, 0.3) is 0 Å². The fraction of sp³-hybridized carbons (Fsp3) is 0.455. The third-order valence-corrected chi connectivity index (χ3v) is 2.99. The van der Waals surface area contributed by atoms with Crippen LogP contribution < -0.4 is 10.2 Å². The molecular weight excluding hydrogens is 192 g/mol. The van der Waals surface area contributed by atoms with Gasteiger partial charge < -0.3 is 20.4 Å². The average molecular weight is 208 g/mol. The van der Waals surface area contributed by atoms with Crippen LogP contribution in [0.3, 0.4) is 0 Å². The van der Waals surface area contributed by atoms with Crippen LogP contribution in [0.5, 0.6) is 5.75 Å². The van der Waals surface area contributed by atoms with Gasteiger partial charge >= 0.3 is 0 Å². The maximum Gasteiger partial charge on any atom is 0.123 e. The summed E-state index contributed by atoms with van der Waals surface area (Å²) in [7, 11) is 3.77. The lowest BCUT2D eigenvalue weighted by Crippen LogP contribution is -2.46. The Morgan fingerprint density at radius 2 is 2.20 bits per heavy atom. The zero-order valence-electron chi connectivity index (χ0n) is 8.94. The van der Waals surface area contributed by atoms with Gasteiger partial charge in [-0.15, -0.1) is 0 Å². The number of anilines is 1. The van der Waals surface area contributed by atoms with Crippen molar-refractivity contribution in [2.45, 2.75) is 12.1 Å². The molecule has 1 aromatic rings. The fourth-order valence-electron chi connectivity index (χ4n) is 2.12. The summed E-state index contributed by atoms with van der Waals surface area (Å²) in [5.74, 6) is 0.159. The van der Waals surface area contributed by atoms with E-state index in [-0.39, 0.29) is 11.8 Å². The van der Waals surface area contributed by atoms with Crippen molar-refractivity contribution in [2.24, 2.45) is 0 Å². The van der Waals surface area contributed by atoms with Gasteiger partial charge in [0.2, 0.25) is 0 Å². The Bertz CT molecular complexity index is 368. The largest absolute Gasteiger partial charge is 0.507 e. The molecule has 0 bridgehead atoms. The Labute approximate surface area is 89.1 Å². The first kappa shape index (κ1) is 10.3. The second-order valence-corrected chi connectivity index (χ2v) is 3.93. The first-order valence-corrected chi connectivity index (χ1v) is 5.03. The maximum atomic E-state index is 10.1. The number of likely N-dealkylation sites (N-methyl/N-ethyl adjacent to an activating group) is 2. The zero-order chi connectivity index (χ0) is 11.0. The van der Waals surface area contributed by atoms with E-state index in [0.717, 1.165) is 12.2 Å². The topological polar surface area (TPSA) is 55.7 Å². The zero-order valence-corrected chi connectivity index (χ0v) is 8.94. The third kappa shape index (κ3) is 1.56. The quantitative estimate of drug-likeness (QED) is 0.627. The highest BCUT2D eigenvalue weighted by Crippen LogP contribution is 2.38. The van der Waals surface area contributed by atoms with Gasteiger partial charge in [-0.3, -0.25) is 0 Å². The first-order chi connectivity index (χ1) is 7.15. The van der Waals surface area contributed by atoms with Crippen molar-refractivity contribution in [3.63, 3.8) is 0 Å². The van der Waals surface area contributed by atoms with Crippen molar-refractivity contribution in [2.75, 3.05) is 25.5 Å². The lowest BCUT2D eigenvalue weighted by atomic mass is 9.94. The molecule has 0 amide bonds. The number of phenolic OH excluding ortho intramolecular Hbond substituents is 1. The van der Waals surface area contributed by atoms with Crippen molar-refractivity contribution >= 4 is 5.69 Å². The van der Waals surface area contributed by atoms with Crippen molar-refractivity contribution in [1.29, 1.82) is 0 Å². The molecule has 1 heterocycles. The summed E-state index contributed by atoms with van der Waals surface area (Å²) in [4.78, 5) is 2.03. The van der Waals surface area contributed by atoms with Crippen LogP contribution in [0, 0.1) is 0 Å². The van der Waals surface area contributed by atoms with Gasteiger partial charge in [0.1, 0.15) is 11.9 Å². The number of hydrogen-bond donors (Lipinski definition) is 3. The molecule has 0 spiro atoms. The standard InChI is InChI=1S/C11H16N2O2/c1-12-7-6-13(2)8-4-3-5-9(14)10(8)11(7)15/h3-5,7,11-12,14-15H,6H2,1-2H3. The van der Waals surface area contributed by atoms with Crippen molar-refractivity contribution in [3.8, 4) is 5.75 Å². The molecule has 0 saturated carbocycles. The van der Waals surface area contributed by atoms with Crippen LogP contribution >= 0.6 is 0 Å². The monoisotopic (exact) mass is 208 g/mol. The lowest BCUT2D eigenvalue weighted by molar-refractivity contribution is 0.126. The molecule has 0 aliphatic carbocycles. The number of nitrogens with one attached hydrogen (secondary N) is 1. The number of nitrogens with zero attached hydrogens (tertiary/aromatic N) is 1. The van der Waals surface area contributed by atoms with Crippen LogP contribution in [-0.2, 0) is 0 Å². The molecule has 0 radical (unpaired) electrons. The highest BCUT2D eigenvalue weighted by Gasteiger charge is 2.31. The minimum atomic E-state index is -0.651. The number of aliphatic hydroxyl groups is 1. The van der Waals surface area contributed by atoms with Crippen LogP contribution in [0.2, 0.25) is 0 Å². The maximum absolute atomic E-state index is 10.1. The molecule has 0 fully saturated rings. The van der Waals surface area contributed by atoms with E-state index >= 15 is 0 Å². The summed E-state index contributed by atoms with van der Waals surface area (Å²) in [6.07, 6.45) is -0.651. The van der Waals surface area contributed by atoms with Crippen molar-refractivity contribution in [3.05, 3.63) is 23.8 Å². The van der Waals surface area contributed by atoms with Gasteiger partial charge in [0, 0.05) is 24.8 Å². The van der Waals surface area contributed by atoms with Gasteiger partial charge in [-0.05, 0) is 19.2 Å². The van der Waals surface area contributed by atoms with Gasteiger partial charge in [-0.1, -0.05) is 6.07 Å². The van der Waals surface area contributed by atoms with Crippen LogP contribution in [0.25, 0.3) is 0 Å². The highest BCUT2D eigenvalue weighted by atomic mass is 16.3. The molecule has 1 aromatic carbocycles. The molecule has 2 atom stereocenters. The Hall–Kier alpha value is -1.26. The molecule has 1 aliphatic heterocycles. The van der Waals surface area contributed by atoms with Gasteiger partial charge in [0.05, 0.1) is 6.04 Å². The van der Waals surface area contributed by atoms with E-state index < -0.39 is 6.10 Å². The summed E-state index contributed by atoms with van der Waals surface area (Å²) in [6, 6.07) is 5.26. The molecule has 4 nitrogen and oxygen atoms in total. The van der Waals surface area contributed by atoms with E-state index in [0.29, 0.717) is 5.56 Å². The lowest BCUT2D eigenvalue weighted by Gasteiger charge is -2.37. The minimum Gasteiger partial charge on any atom is -0.507 e. The second-order valence-electron chi connectivity index (χ2n) is 3.93. The van der Waals surface area contributed by atoms with Gasteiger partial charge in [-0.2, -0.15) is 0 Å². The van der Waals surface area contributed by atoms with E-state index in [2.05, 4.69) is 5.32 Å². The van der Waals surface area contributed by atoms with E-state index in [9.17, 15) is 10.2 Å². The summed E-state index contributed by atoms with van der Waals surface area (Å²) >= 11 is 0. The van der Waals surface area contributed by atoms with E-state index in [4.69, 9.17) is 0 Å². The molecule has 1 aliphatic rings. The molecule has 2 rings (SSSR count). The Kier molecular flexibility index (Phi) is 2.54. The minimum absolute atomic E-state index is 0.0456. The number of fused-ring (bicyclic) bond motifs is 1. The molecule has 0 aromatic heterocycles. The molecule has 2 unspecified atom stereocenters. The molecule has 4 heteroatoms. The van der Waals surface area contributed by atoms with E-state index in [1.807, 2.05) is 25.1 Å². The number of hydrogen-bond acceptors (Lipinski definition) is 4. The predicted octanol–water partition coefficient (Wildman–Crippen LogP) is 0.463. The summed E-state index contributed by atoms with van der Waals surface area (Å²) in [5, 5.41) is 22.9. The van der Waals surface area contributed by atoms with Crippen molar-refractivity contribution < 1.29 is 10.2 Å². The van der Waals surface area contributed by atoms with Crippen LogP contribution in [-0.4, -0.2) is 36.9 Å². The number of aromatic hydroxyl groups is 1. The third-order valence-electron chi connectivity index (χ3n) is 2.99. The summed E-state index contributed by atoms with van der Waals surface area (Å²) in [5.41, 5.74) is 1.51. The molecule has 0 saturated heterocycles. The molecule has 3 N–H and O–H groups in total. The molecular formula is C11H16N2O2. The molecule has 15 heavy (non-hydrogen) atoms. The summed E-state index contributed by atoms with van der Waals surface area (Å²) < 4.78 is 0. The summed E-state index contributed by atoms with van der Waals surface area (Å²) in [6.45, 7) is 0.730. The van der Waals surface area contributed by atoms with Crippen LogP contribution in [0.1, 0.15) is 11.7 Å². The SMILES string of the molecule is CNC1CN(C)c2cccc(O)c2C1O. The normalized spacial score (nSPS) is 25.1. The van der Waals surface area contributed by atoms with Crippen LogP contribution in [0.4, 0.5) is 5.69 Å². The van der Waals surface area contributed by atoms with E-state index in [1.54, 1.807) is 12.1 Å². The predicted molar refractivity (Wildman–Crippen MR) is 59.2 cm³/mol. The first-order valence-electron chi connectivity index (χ1n) is 5.03. The Morgan fingerprint density at radius 3 is 2.87 bits per heavy atom. The second kappa shape index (κ2) is 3.72. The number of aliphatic hydroxyl groups excluding tert-OH is 1. The van der Waals surface area contributed by atoms with Gasteiger partial charge in [0.15, 0.2) is 0 Å². The Morgan fingerprint density at radius 1 is 1.47 bits per heavy atom. The van der Waals surface area contributed by atoms with Crippen molar-refractivity contribution in [1.82, 2.24) is 5.32 Å². The van der Waals surface area contributed by atoms with E-state index in [1.165, 1.54) is 0 Å². The number of rotatable bonds is 1. The average Bonchev–Trinajstić information content (AvgIpc) is 2.23. The van der Waals surface area contributed by atoms with Gasteiger partial charge in [-0.25, -0.2) is 0 Å². The molecule has 82 valence electrons. The number of benzene rings is 1. The Balaban J connectivity index is 2.50. The fourth-order valence-corrected chi connectivity index (χ4v) is 2.12. The number of phenols is 1. The highest BCUT2D eigenvalue weighted by molar-refractivity contribution is 5.62.